The molecule has 1 saturated heterocycles. The number of carboxylic acids is 1. The maximum atomic E-state index is 13.1. The van der Waals surface area contributed by atoms with Gasteiger partial charge in [-0.3, -0.25) is 4.79 Å². The van der Waals surface area contributed by atoms with Gasteiger partial charge in [0.05, 0.1) is 11.6 Å². The van der Waals surface area contributed by atoms with Crippen molar-refractivity contribution < 1.29 is 23.1 Å². The summed E-state index contributed by atoms with van der Waals surface area (Å²) >= 11 is 0. The molecule has 3 rings (SSSR count). The maximum absolute atomic E-state index is 13.1. The molecule has 3 nitrogen and oxygen atoms in total. The summed E-state index contributed by atoms with van der Waals surface area (Å²) in [4.78, 5) is 13.8. The van der Waals surface area contributed by atoms with Crippen LogP contribution in [0, 0.1) is 11.8 Å². The van der Waals surface area contributed by atoms with Gasteiger partial charge in [-0.1, -0.05) is 51.5 Å². The average molecular weight is 448 g/mol. The average Bonchev–Trinajstić information content (AvgIpc) is 2.74. The van der Waals surface area contributed by atoms with Crippen molar-refractivity contribution in [3.8, 4) is 0 Å². The summed E-state index contributed by atoms with van der Waals surface area (Å²) < 4.78 is 39.4. The summed E-state index contributed by atoms with van der Waals surface area (Å²) in [5.74, 6) is -0.377. The van der Waals surface area contributed by atoms with Gasteiger partial charge in [-0.15, -0.1) is 0 Å². The lowest BCUT2D eigenvalue weighted by Crippen LogP contribution is -2.44. The number of carbonyl (C=O) groups is 1. The number of benzene rings is 2. The Bertz CT molecular complexity index is 891. The highest BCUT2D eigenvalue weighted by Gasteiger charge is 2.40. The van der Waals surface area contributed by atoms with E-state index in [2.05, 4.69) is 49.9 Å². The van der Waals surface area contributed by atoms with Crippen molar-refractivity contribution in [3.05, 3.63) is 65.2 Å². The number of alkyl halides is 3. The number of piperidine rings is 1. The highest BCUT2D eigenvalue weighted by atomic mass is 19.4. The molecule has 0 spiro atoms. The number of carboxylic acid groups (broad SMARTS) is 1. The first kappa shape index (κ1) is 24.1. The Balaban J connectivity index is 2.03. The smallest absolute Gasteiger partial charge is 0.416 e. The highest BCUT2D eigenvalue weighted by molar-refractivity contribution is 5.67. The number of hydrogen-bond donors (Lipinski definition) is 1. The topological polar surface area (TPSA) is 40.5 Å². The Kier molecular flexibility index (Phi) is 7.52. The van der Waals surface area contributed by atoms with Crippen molar-refractivity contribution in [3.63, 3.8) is 0 Å². The van der Waals surface area contributed by atoms with Gasteiger partial charge in [-0.05, 0) is 66.0 Å². The number of anilines is 1. The summed E-state index contributed by atoms with van der Waals surface area (Å²) in [5, 5.41) is 9.46. The van der Waals surface area contributed by atoms with Gasteiger partial charge in [0.15, 0.2) is 0 Å². The number of halogens is 3. The van der Waals surface area contributed by atoms with Crippen LogP contribution in [0.15, 0.2) is 48.5 Å². The molecule has 1 aliphatic rings. The first-order valence-electron chi connectivity index (χ1n) is 11.4. The second kappa shape index (κ2) is 9.97. The van der Waals surface area contributed by atoms with Crippen LogP contribution >= 0.6 is 0 Å². The first-order chi connectivity index (χ1) is 15.1. The number of nitrogens with zero attached hydrogens (tertiary/aromatic N) is 1. The largest absolute Gasteiger partial charge is 0.481 e. The molecule has 1 fully saturated rings. The van der Waals surface area contributed by atoms with Crippen molar-refractivity contribution in [2.75, 3.05) is 11.4 Å². The fraction of sp³-hybridized carbons (Fsp3) is 0.500. The Hall–Kier alpha value is -2.50. The molecule has 3 unspecified atom stereocenters. The molecule has 0 bridgehead atoms. The molecule has 1 aliphatic heterocycles. The molecule has 174 valence electrons. The van der Waals surface area contributed by atoms with Crippen LogP contribution in [-0.4, -0.2) is 17.6 Å². The van der Waals surface area contributed by atoms with Gasteiger partial charge in [0.1, 0.15) is 0 Å². The summed E-state index contributed by atoms with van der Waals surface area (Å²) in [6, 6.07) is 13.6. The zero-order valence-corrected chi connectivity index (χ0v) is 18.9. The van der Waals surface area contributed by atoms with Gasteiger partial charge in [-0.2, -0.15) is 13.2 Å². The minimum Gasteiger partial charge on any atom is -0.481 e. The monoisotopic (exact) mass is 447 g/mol. The predicted molar refractivity (Wildman–Crippen MR) is 121 cm³/mol. The Morgan fingerprint density at radius 2 is 1.72 bits per heavy atom. The third kappa shape index (κ3) is 5.45. The highest BCUT2D eigenvalue weighted by Crippen LogP contribution is 2.46. The van der Waals surface area contributed by atoms with Crippen molar-refractivity contribution in [1.82, 2.24) is 0 Å². The van der Waals surface area contributed by atoms with E-state index < -0.39 is 17.7 Å². The maximum Gasteiger partial charge on any atom is 0.416 e. The van der Waals surface area contributed by atoms with Gasteiger partial charge < -0.3 is 10.0 Å². The van der Waals surface area contributed by atoms with E-state index in [-0.39, 0.29) is 24.3 Å². The summed E-state index contributed by atoms with van der Waals surface area (Å²) in [7, 11) is 0. The number of aliphatic carboxylic acids is 1. The fourth-order valence-electron chi connectivity index (χ4n) is 4.99. The van der Waals surface area contributed by atoms with Crippen LogP contribution in [0.1, 0.15) is 75.1 Å². The number of rotatable bonds is 7. The number of hydrogen-bond acceptors (Lipinski definition) is 2. The minimum absolute atomic E-state index is 0.00840. The van der Waals surface area contributed by atoms with Crippen LogP contribution in [0.4, 0.5) is 18.9 Å². The van der Waals surface area contributed by atoms with E-state index in [1.54, 1.807) is 12.1 Å². The van der Waals surface area contributed by atoms with Crippen LogP contribution in [-0.2, 0) is 11.0 Å². The molecule has 32 heavy (non-hydrogen) atoms. The molecule has 0 radical (unpaired) electrons. The lowest BCUT2D eigenvalue weighted by Gasteiger charge is -2.47. The zero-order valence-electron chi connectivity index (χ0n) is 18.9. The second-order valence-electron chi connectivity index (χ2n) is 9.10. The standard InChI is InChI=1S/C26H32F3NO2/c1-4-5-23-20(16-24(31)32)14-15-30(22-12-8-18(9-13-22)17(2)3)25(23)19-6-10-21(11-7-19)26(27,28)29/h6-13,17,20,23,25H,4-5,14-16H2,1-3H3,(H,31,32). The third-order valence-electron chi connectivity index (χ3n) is 6.62. The van der Waals surface area contributed by atoms with Crippen molar-refractivity contribution in [2.45, 2.75) is 64.6 Å². The molecule has 1 heterocycles. The summed E-state index contributed by atoms with van der Waals surface area (Å²) in [6.45, 7) is 7.01. The van der Waals surface area contributed by atoms with Crippen molar-refractivity contribution in [1.29, 1.82) is 0 Å². The second-order valence-corrected chi connectivity index (χ2v) is 9.10. The van der Waals surface area contributed by atoms with Crippen LogP contribution < -0.4 is 4.90 Å². The fourth-order valence-corrected chi connectivity index (χ4v) is 4.99. The van der Waals surface area contributed by atoms with Crippen LogP contribution in [0.5, 0.6) is 0 Å². The van der Waals surface area contributed by atoms with Crippen LogP contribution in [0.25, 0.3) is 0 Å². The molecule has 0 aliphatic carbocycles. The quantitative estimate of drug-likeness (QED) is 0.485. The first-order valence-corrected chi connectivity index (χ1v) is 11.4. The molecular weight excluding hydrogens is 415 g/mol. The SMILES string of the molecule is CCCC1C(CC(=O)O)CCN(c2ccc(C(C)C)cc2)C1c1ccc(C(F)(F)F)cc1. The third-order valence-corrected chi connectivity index (χ3v) is 6.62. The van der Waals surface area contributed by atoms with E-state index in [0.717, 1.165) is 42.6 Å². The Morgan fingerprint density at radius 1 is 1.09 bits per heavy atom. The van der Waals surface area contributed by atoms with Gasteiger partial charge in [-0.25, -0.2) is 0 Å². The van der Waals surface area contributed by atoms with Gasteiger partial charge in [0.2, 0.25) is 0 Å². The van der Waals surface area contributed by atoms with Crippen LogP contribution in [0.3, 0.4) is 0 Å². The molecule has 3 atom stereocenters. The van der Waals surface area contributed by atoms with Crippen molar-refractivity contribution in [2.24, 2.45) is 11.8 Å². The molecule has 1 N–H and O–H groups in total. The van der Waals surface area contributed by atoms with E-state index >= 15 is 0 Å². The van der Waals surface area contributed by atoms with E-state index in [1.165, 1.54) is 5.56 Å². The van der Waals surface area contributed by atoms with Crippen LogP contribution in [0.2, 0.25) is 0 Å². The predicted octanol–water partition coefficient (Wildman–Crippen LogP) is 7.29. The normalized spacial score (nSPS) is 21.7. The van der Waals surface area contributed by atoms with E-state index in [9.17, 15) is 23.1 Å². The summed E-state index contributed by atoms with van der Waals surface area (Å²) in [6.07, 6.45) is -1.84. The Morgan fingerprint density at radius 3 is 2.22 bits per heavy atom. The molecule has 2 aromatic rings. The molecule has 0 amide bonds. The van der Waals surface area contributed by atoms with Crippen molar-refractivity contribution >= 4 is 11.7 Å². The summed E-state index contributed by atoms with van der Waals surface area (Å²) in [5.41, 5.74) is 2.39. The Labute approximate surface area is 188 Å². The van der Waals surface area contributed by atoms with Gasteiger partial charge in [0, 0.05) is 18.7 Å². The zero-order chi connectivity index (χ0) is 23.5. The van der Waals surface area contributed by atoms with E-state index in [4.69, 9.17) is 0 Å². The van der Waals surface area contributed by atoms with Gasteiger partial charge in [0.25, 0.3) is 0 Å². The lowest BCUT2D eigenvalue weighted by atomic mass is 9.73. The van der Waals surface area contributed by atoms with E-state index in [1.807, 2.05) is 0 Å². The molecule has 0 aromatic heterocycles. The molecule has 6 heteroatoms. The lowest BCUT2D eigenvalue weighted by molar-refractivity contribution is -0.139. The molecular formula is C26H32F3NO2. The molecule has 0 saturated carbocycles. The minimum atomic E-state index is -4.38. The van der Waals surface area contributed by atoms with Gasteiger partial charge >= 0.3 is 12.1 Å². The molecule has 2 aromatic carbocycles. The van der Waals surface area contributed by atoms with E-state index in [0.29, 0.717) is 12.5 Å².